The summed E-state index contributed by atoms with van der Waals surface area (Å²) in [6, 6.07) is 17.5. The molecule has 0 aromatic heterocycles. The molecule has 0 spiro atoms. The van der Waals surface area contributed by atoms with Crippen LogP contribution in [0.4, 0.5) is 0 Å². The van der Waals surface area contributed by atoms with Gasteiger partial charge in [0, 0.05) is 18.5 Å². The minimum atomic E-state index is -0.104. The third kappa shape index (κ3) is 5.66. The summed E-state index contributed by atoms with van der Waals surface area (Å²) in [7, 11) is 0. The Kier molecular flexibility index (Phi) is 8.50. The van der Waals surface area contributed by atoms with E-state index in [1.807, 2.05) is 13.1 Å². The van der Waals surface area contributed by atoms with E-state index in [0.29, 0.717) is 19.8 Å². The molecule has 2 aromatic rings. The van der Waals surface area contributed by atoms with E-state index >= 15 is 0 Å². The molecule has 0 radical (unpaired) electrons. The fraction of sp³-hybridized carbons (Fsp3) is 0.440. The van der Waals surface area contributed by atoms with Crippen LogP contribution in [0.2, 0.25) is 0 Å². The zero-order chi connectivity index (χ0) is 20.8. The molecule has 5 nitrogen and oxygen atoms in total. The Balaban J connectivity index is 0.00000272. The number of nitrogens with one attached hydrogen (secondary N) is 1. The number of carbonyl (C=O) groups excluding carboxylic acids is 1. The topological polar surface area (TPSA) is 59.9 Å². The third-order valence-corrected chi connectivity index (χ3v) is 6.14. The first kappa shape index (κ1) is 23.3. The maximum Gasteiger partial charge on any atom is 0.310 e. The molecule has 0 bridgehead atoms. The van der Waals surface area contributed by atoms with Crippen LogP contribution >= 0.6 is 12.4 Å². The standard InChI is InChI=1S/C25H30N2O3.ClH/c1-2-29-25(28)20-13-14-21(26-15-20)17-30-27-16-24-22-9-5-3-7-18(22)11-12-19-8-4-6-10-23(19)24;/h3-10,16,20-21,24,26H,2,11-15,17H2,1H3;1H/b27-16+;/t20-,21-;/m1./s1. The highest BCUT2D eigenvalue weighted by Crippen LogP contribution is 2.33. The lowest BCUT2D eigenvalue weighted by molar-refractivity contribution is -0.148. The predicted octanol–water partition coefficient (Wildman–Crippen LogP) is 4.27. The molecule has 2 aliphatic rings. The summed E-state index contributed by atoms with van der Waals surface area (Å²) >= 11 is 0. The highest BCUT2D eigenvalue weighted by Gasteiger charge is 2.27. The van der Waals surface area contributed by atoms with Crippen molar-refractivity contribution < 1.29 is 14.4 Å². The number of rotatable bonds is 6. The van der Waals surface area contributed by atoms with Crippen molar-refractivity contribution in [1.29, 1.82) is 0 Å². The molecule has 1 saturated heterocycles. The first-order valence-electron chi connectivity index (χ1n) is 11.0. The quantitative estimate of drug-likeness (QED) is 0.412. The Morgan fingerprint density at radius 3 is 2.29 bits per heavy atom. The van der Waals surface area contributed by atoms with Gasteiger partial charge in [0.15, 0.2) is 0 Å². The summed E-state index contributed by atoms with van der Waals surface area (Å²) in [6.45, 7) is 3.42. The number of nitrogens with zero attached hydrogens (tertiary/aromatic N) is 1. The largest absolute Gasteiger partial charge is 0.466 e. The monoisotopic (exact) mass is 442 g/mol. The van der Waals surface area contributed by atoms with Crippen molar-refractivity contribution in [3.63, 3.8) is 0 Å². The average molecular weight is 443 g/mol. The van der Waals surface area contributed by atoms with Crippen LogP contribution in [0.15, 0.2) is 53.7 Å². The smallest absolute Gasteiger partial charge is 0.310 e. The maximum atomic E-state index is 11.9. The second-order valence-corrected chi connectivity index (χ2v) is 8.06. The number of carbonyl (C=O) groups is 1. The molecular formula is C25H31ClN2O3. The van der Waals surface area contributed by atoms with Crippen LogP contribution in [-0.4, -0.2) is 38.0 Å². The van der Waals surface area contributed by atoms with E-state index in [-0.39, 0.29) is 36.3 Å². The van der Waals surface area contributed by atoms with E-state index in [0.717, 1.165) is 25.7 Å². The number of hydrogen-bond acceptors (Lipinski definition) is 5. The molecule has 166 valence electrons. The first-order chi connectivity index (χ1) is 14.8. The number of hydrogen-bond donors (Lipinski definition) is 1. The summed E-state index contributed by atoms with van der Waals surface area (Å²) in [4.78, 5) is 17.5. The summed E-state index contributed by atoms with van der Waals surface area (Å²) < 4.78 is 5.12. The number of fused-ring (bicyclic) bond motifs is 2. The van der Waals surface area contributed by atoms with Crippen LogP contribution in [0.3, 0.4) is 0 Å². The van der Waals surface area contributed by atoms with Crippen molar-refractivity contribution in [3.05, 3.63) is 70.8 Å². The Hall–Kier alpha value is -2.37. The number of oxime groups is 1. The first-order valence-corrected chi connectivity index (χ1v) is 11.0. The highest BCUT2D eigenvalue weighted by molar-refractivity contribution is 5.85. The lowest BCUT2D eigenvalue weighted by Gasteiger charge is -2.27. The number of halogens is 1. The van der Waals surface area contributed by atoms with Gasteiger partial charge in [0.25, 0.3) is 0 Å². The average Bonchev–Trinajstić information content (AvgIpc) is 2.94. The molecule has 0 amide bonds. The van der Waals surface area contributed by atoms with Gasteiger partial charge in [0.2, 0.25) is 0 Å². The summed E-state index contributed by atoms with van der Waals surface area (Å²) in [5.74, 6) is -0.0517. The fourth-order valence-corrected chi connectivity index (χ4v) is 4.48. The second kappa shape index (κ2) is 11.3. The van der Waals surface area contributed by atoms with Crippen molar-refractivity contribution in [1.82, 2.24) is 5.32 Å². The molecule has 6 heteroatoms. The number of esters is 1. The molecule has 1 aliphatic carbocycles. The van der Waals surface area contributed by atoms with Gasteiger partial charge in [-0.25, -0.2) is 0 Å². The summed E-state index contributed by atoms with van der Waals surface area (Å²) in [5, 5.41) is 7.74. The third-order valence-electron chi connectivity index (χ3n) is 6.14. The van der Waals surface area contributed by atoms with Crippen LogP contribution in [-0.2, 0) is 27.2 Å². The molecule has 1 N–H and O–H groups in total. The Bertz CT molecular complexity index is 846. The van der Waals surface area contributed by atoms with E-state index < -0.39 is 0 Å². The Morgan fingerprint density at radius 2 is 1.71 bits per heavy atom. The van der Waals surface area contributed by atoms with Gasteiger partial charge in [-0.05, 0) is 54.9 Å². The number of ether oxygens (including phenoxy) is 1. The molecule has 4 rings (SSSR count). The predicted molar refractivity (Wildman–Crippen MR) is 125 cm³/mol. The molecule has 0 saturated carbocycles. The van der Waals surface area contributed by atoms with E-state index in [1.165, 1.54) is 22.3 Å². The molecule has 1 heterocycles. The van der Waals surface area contributed by atoms with Gasteiger partial charge < -0.3 is 14.9 Å². The molecule has 2 aromatic carbocycles. The molecule has 1 fully saturated rings. The van der Waals surface area contributed by atoms with Gasteiger partial charge in [0.05, 0.1) is 18.7 Å². The van der Waals surface area contributed by atoms with Crippen molar-refractivity contribution in [2.45, 2.75) is 44.6 Å². The lowest BCUT2D eigenvalue weighted by Crippen LogP contribution is -2.44. The van der Waals surface area contributed by atoms with Crippen LogP contribution in [0.5, 0.6) is 0 Å². The number of benzene rings is 2. The zero-order valence-electron chi connectivity index (χ0n) is 18.0. The Labute approximate surface area is 190 Å². The Morgan fingerprint density at radius 1 is 1.06 bits per heavy atom. The summed E-state index contributed by atoms with van der Waals surface area (Å²) in [6.07, 6.45) is 5.74. The maximum absolute atomic E-state index is 11.9. The van der Waals surface area contributed by atoms with Gasteiger partial charge >= 0.3 is 5.97 Å². The molecular weight excluding hydrogens is 412 g/mol. The fourth-order valence-electron chi connectivity index (χ4n) is 4.48. The van der Waals surface area contributed by atoms with Crippen LogP contribution in [0.25, 0.3) is 0 Å². The summed E-state index contributed by atoms with van der Waals surface area (Å²) in [5.41, 5.74) is 5.37. The molecule has 2 atom stereocenters. The van der Waals surface area contributed by atoms with Crippen molar-refractivity contribution in [3.8, 4) is 0 Å². The van der Waals surface area contributed by atoms with E-state index in [2.05, 4.69) is 59.0 Å². The lowest BCUT2D eigenvalue weighted by atomic mass is 9.89. The van der Waals surface area contributed by atoms with Gasteiger partial charge in [-0.1, -0.05) is 53.7 Å². The van der Waals surface area contributed by atoms with Crippen molar-refractivity contribution in [2.24, 2.45) is 11.1 Å². The van der Waals surface area contributed by atoms with Gasteiger partial charge in [-0.2, -0.15) is 0 Å². The minimum Gasteiger partial charge on any atom is -0.466 e. The van der Waals surface area contributed by atoms with E-state index in [9.17, 15) is 4.79 Å². The van der Waals surface area contributed by atoms with Gasteiger partial charge in [0.1, 0.15) is 6.61 Å². The van der Waals surface area contributed by atoms with E-state index in [1.54, 1.807) is 0 Å². The number of aryl methyl sites for hydroxylation is 2. The van der Waals surface area contributed by atoms with Crippen molar-refractivity contribution in [2.75, 3.05) is 19.8 Å². The molecule has 1 aliphatic heterocycles. The molecule has 0 unspecified atom stereocenters. The normalized spacial score (nSPS) is 20.8. The van der Waals surface area contributed by atoms with Gasteiger partial charge in [-0.3, -0.25) is 4.79 Å². The van der Waals surface area contributed by atoms with Crippen LogP contribution in [0.1, 0.15) is 47.9 Å². The molecule has 31 heavy (non-hydrogen) atoms. The second-order valence-electron chi connectivity index (χ2n) is 8.06. The van der Waals surface area contributed by atoms with Gasteiger partial charge in [-0.15, -0.1) is 12.4 Å². The van der Waals surface area contributed by atoms with Crippen LogP contribution in [0, 0.1) is 5.92 Å². The van der Waals surface area contributed by atoms with Crippen LogP contribution < -0.4 is 5.32 Å². The highest BCUT2D eigenvalue weighted by atomic mass is 35.5. The van der Waals surface area contributed by atoms with Crippen molar-refractivity contribution >= 4 is 24.6 Å². The number of piperidine rings is 1. The zero-order valence-corrected chi connectivity index (χ0v) is 18.8. The SMILES string of the molecule is CCOC(=O)[C@@H]1CC[C@H](CO/N=C/C2c3ccccc3CCc3ccccc32)NC1.Cl. The minimum absolute atomic E-state index is 0. The van der Waals surface area contributed by atoms with E-state index in [4.69, 9.17) is 9.57 Å².